The molecule has 0 amide bonds. The van der Waals surface area contributed by atoms with E-state index < -0.39 is 32.8 Å². The van der Waals surface area contributed by atoms with E-state index in [-0.39, 0.29) is 17.8 Å². The zero-order chi connectivity index (χ0) is 14.9. The van der Waals surface area contributed by atoms with Crippen LogP contribution in [0.3, 0.4) is 0 Å². The zero-order valence-corrected chi connectivity index (χ0v) is 11.8. The fraction of sp³-hybridized carbons (Fsp3) is 0.917. The van der Waals surface area contributed by atoms with E-state index in [1.807, 2.05) is 0 Å². The predicted molar refractivity (Wildman–Crippen MR) is 64.8 cm³/mol. The summed E-state index contributed by atoms with van der Waals surface area (Å²) in [6.07, 6.45) is 1.85. The monoisotopic (exact) mass is 308 g/mol. The number of carbonyl (C=O) groups is 1. The Bertz CT molecular complexity index is 554. The van der Waals surface area contributed by atoms with Gasteiger partial charge in [-0.25, -0.2) is 9.18 Å². The van der Waals surface area contributed by atoms with Crippen molar-refractivity contribution in [3.8, 4) is 0 Å². The van der Waals surface area contributed by atoms with Crippen LogP contribution in [0, 0.1) is 17.8 Å². The third-order valence-corrected chi connectivity index (χ3v) is 6.30. The van der Waals surface area contributed by atoms with Gasteiger partial charge in [-0.3, -0.25) is 4.55 Å². The molecule has 8 heteroatoms. The van der Waals surface area contributed by atoms with Crippen LogP contribution in [-0.2, 0) is 19.6 Å². The van der Waals surface area contributed by atoms with Crippen molar-refractivity contribution in [3.63, 3.8) is 0 Å². The first-order chi connectivity index (χ1) is 9.06. The predicted octanol–water partition coefficient (Wildman–Crippen LogP) is 0.653. The lowest BCUT2D eigenvalue weighted by Gasteiger charge is -2.40. The van der Waals surface area contributed by atoms with Crippen LogP contribution >= 0.6 is 0 Å². The summed E-state index contributed by atoms with van der Waals surface area (Å²) in [6.45, 7) is 0.478. The van der Waals surface area contributed by atoms with Crippen LogP contribution in [0.5, 0.6) is 0 Å². The molecule has 4 fully saturated rings. The molecule has 6 atom stereocenters. The molecule has 0 radical (unpaired) electrons. The van der Waals surface area contributed by atoms with Crippen molar-refractivity contribution in [2.24, 2.45) is 17.8 Å². The summed E-state index contributed by atoms with van der Waals surface area (Å²) < 4.78 is 49.6. The average molecular weight is 308 g/mol. The second-order valence-electron chi connectivity index (χ2n) is 6.49. The van der Waals surface area contributed by atoms with Crippen molar-refractivity contribution in [3.05, 3.63) is 0 Å². The van der Waals surface area contributed by atoms with E-state index >= 15 is 0 Å². The topological polar surface area (TPSA) is 101 Å². The molecule has 4 bridgehead atoms. The van der Waals surface area contributed by atoms with Gasteiger partial charge in [0.25, 0.3) is 0 Å². The molecule has 20 heavy (non-hydrogen) atoms. The molecule has 4 saturated carbocycles. The van der Waals surface area contributed by atoms with Crippen molar-refractivity contribution in [1.29, 1.82) is 0 Å². The molecule has 0 aromatic rings. The second-order valence-corrected chi connectivity index (χ2v) is 8.20. The molecule has 0 saturated heterocycles. The van der Waals surface area contributed by atoms with Crippen molar-refractivity contribution >= 4 is 16.1 Å². The molecular formula is C12H17FO6S. The van der Waals surface area contributed by atoms with Gasteiger partial charge in [0.2, 0.25) is 0 Å². The Hall–Kier alpha value is -0.730. The quantitative estimate of drug-likeness (QED) is 0.586. The van der Waals surface area contributed by atoms with Gasteiger partial charge in [-0.15, -0.1) is 0 Å². The number of alkyl halides is 1. The summed E-state index contributed by atoms with van der Waals surface area (Å²) in [6, 6.07) is 0. The third kappa shape index (κ3) is 1.81. The molecule has 0 aliphatic heterocycles. The highest BCUT2D eigenvalue weighted by molar-refractivity contribution is 7.87. The lowest BCUT2D eigenvalue weighted by Crippen LogP contribution is -2.49. The summed E-state index contributed by atoms with van der Waals surface area (Å²) in [5.74, 6) is -1.26. The Labute approximate surface area is 116 Å². The van der Waals surface area contributed by atoms with Gasteiger partial charge in [-0.1, -0.05) is 0 Å². The Morgan fingerprint density at radius 3 is 2.45 bits per heavy atom. The Morgan fingerprint density at radius 1 is 1.35 bits per heavy atom. The lowest BCUT2D eigenvalue weighted by molar-refractivity contribution is -0.175. The summed E-state index contributed by atoms with van der Waals surface area (Å²) in [5.41, 5.74) is -0.882. The maximum atomic E-state index is 13.9. The molecule has 0 heterocycles. The van der Waals surface area contributed by atoms with Gasteiger partial charge in [0.05, 0.1) is 6.10 Å². The number of hydrogen-bond donors (Lipinski definition) is 2. The van der Waals surface area contributed by atoms with Gasteiger partial charge >= 0.3 is 21.1 Å². The number of aliphatic hydroxyl groups is 1. The second kappa shape index (κ2) is 3.92. The molecule has 5 unspecified atom stereocenters. The van der Waals surface area contributed by atoms with E-state index in [2.05, 4.69) is 0 Å². The largest absolute Gasteiger partial charge is 0.456 e. The molecule has 0 aromatic heterocycles. The van der Waals surface area contributed by atoms with Gasteiger partial charge in [-0.05, 0) is 50.4 Å². The molecule has 4 rings (SSSR count). The van der Waals surface area contributed by atoms with Crippen molar-refractivity contribution in [1.82, 2.24) is 0 Å². The van der Waals surface area contributed by atoms with Crippen LogP contribution in [0.1, 0.15) is 32.6 Å². The minimum absolute atomic E-state index is 0.0249. The van der Waals surface area contributed by atoms with Crippen molar-refractivity contribution < 1.29 is 32.0 Å². The fourth-order valence-electron chi connectivity index (χ4n) is 4.21. The molecule has 0 spiro atoms. The van der Waals surface area contributed by atoms with Crippen LogP contribution in [0.25, 0.3) is 0 Å². The highest BCUT2D eigenvalue weighted by atomic mass is 32.2. The van der Waals surface area contributed by atoms with Crippen LogP contribution in [0.15, 0.2) is 0 Å². The summed E-state index contributed by atoms with van der Waals surface area (Å²) in [7, 11) is -5.18. The smallest absolute Gasteiger partial charge is 0.362 e. The number of aliphatic hydroxyl groups excluding tert-OH is 1. The van der Waals surface area contributed by atoms with Crippen LogP contribution in [-0.4, -0.2) is 40.8 Å². The minimum atomic E-state index is -5.18. The summed E-state index contributed by atoms with van der Waals surface area (Å²) >= 11 is 0. The number of rotatable bonds is 3. The standard InChI is InChI=1S/C12H17FO6S/c1-11(13,20(16,17)18)10(15)19-12-3-6-2-7(4-12)9(14)8(6)5-12/h6-9,14H,2-5H2,1H3,(H,16,17,18)/t6?,7?,8-,9?,11?,12?/m0/s1. The first-order valence-corrected chi connectivity index (χ1v) is 8.07. The average Bonchev–Trinajstić information content (AvgIpc) is 2.67. The molecule has 4 aliphatic carbocycles. The van der Waals surface area contributed by atoms with Crippen LogP contribution < -0.4 is 0 Å². The van der Waals surface area contributed by atoms with Crippen LogP contribution in [0.4, 0.5) is 4.39 Å². The van der Waals surface area contributed by atoms with Gasteiger partial charge in [0.15, 0.2) is 0 Å². The fourth-order valence-corrected chi connectivity index (χ4v) is 4.46. The Balaban J connectivity index is 1.79. The number of carbonyl (C=O) groups excluding carboxylic acids is 1. The number of esters is 1. The Morgan fingerprint density at radius 2 is 1.95 bits per heavy atom. The van der Waals surface area contributed by atoms with Crippen LogP contribution in [0.2, 0.25) is 0 Å². The maximum absolute atomic E-state index is 13.9. The number of hydrogen-bond acceptors (Lipinski definition) is 5. The number of ether oxygens (including phenoxy) is 1. The van der Waals surface area contributed by atoms with E-state index in [0.29, 0.717) is 26.2 Å². The summed E-state index contributed by atoms with van der Waals surface area (Å²) in [5, 5.41) is 6.53. The SMILES string of the molecule is CC(F)(C(=O)OC12CC3CC(C1)[C@H](C2)C3O)S(=O)(=O)O. The lowest BCUT2D eigenvalue weighted by atomic mass is 9.77. The first kappa shape index (κ1) is 14.2. The first-order valence-electron chi connectivity index (χ1n) is 6.63. The van der Waals surface area contributed by atoms with E-state index in [0.717, 1.165) is 6.42 Å². The van der Waals surface area contributed by atoms with E-state index in [9.17, 15) is 22.7 Å². The Kier molecular flexibility index (Phi) is 2.79. The van der Waals surface area contributed by atoms with E-state index in [1.54, 1.807) is 0 Å². The molecule has 0 aromatic carbocycles. The van der Waals surface area contributed by atoms with E-state index in [4.69, 9.17) is 9.29 Å². The van der Waals surface area contributed by atoms with Gasteiger partial charge in [-0.2, -0.15) is 8.42 Å². The van der Waals surface area contributed by atoms with Crippen molar-refractivity contribution in [2.75, 3.05) is 0 Å². The van der Waals surface area contributed by atoms with Gasteiger partial charge in [0.1, 0.15) is 5.60 Å². The molecule has 4 aliphatic rings. The molecular weight excluding hydrogens is 291 g/mol. The maximum Gasteiger partial charge on any atom is 0.362 e. The minimum Gasteiger partial charge on any atom is -0.456 e. The molecule has 114 valence electrons. The van der Waals surface area contributed by atoms with E-state index in [1.165, 1.54) is 0 Å². The van der Waals surface area contributed by atoms with Gasteiger partial charge in [0, 0.05) is 0 Å². The molecule has 2 N–H and O–H groups in total. The summed E-state index contributed by atoms with van der Waals surface area (Å²) in [4.78, 5) is 11.8. The van der Waals surface area contributed by atoms with Crippen molar-refractivity contribution in [2.45, 2.75) is 49.3 Å². The number of halogens is 1. The molecule has 6 nitrogen and oxygen atoms in total. The van der Waals surface area contributed by atoms with Gasteiger partial charge < -0.3 is 9.84 Å². The normalized spacial score (nSPS) is 45.4. The highest BCUT2D eigenvalue weighted by Gasteiger charge is 2.63. The zero-order valence-electron chi connectivity index (χ0n) is 11.0. The highest BCUT2D eigenvalue weighted by Crippen LogP contribution is 2.61. The third-order valence-electron chi connectivity index (χ3n) is 5.17.